The fourth-order valence-corrected chi connectivity index (χ4v) is 10.2. The number of hydrogen-bond acceptors (Lipinski definition) is 5. The maximum atomic E-state index is 14.3. The van der Waals surface area contributed by atoms with E-state index in [9.17, 15) is 14.4 Å². The lowest BCUT2D eigenvalue weighted by atomic mass is 9.42. The van der Waals surface area contributed by atoms with E-state index >= 15 is 0 Å². The molecule has 0 heterocycles. The van der Waals surface area contributed by atoms with Crippen LogP contribution < -0.4 is 0 Å². The Kier molecular flexibility index (Phi) is 8.51. The zero-order chi connectivity index (χ0) is 27.1. The summed E-state index contributed by atoms with van der Waals surface area (Å²) in [5, 5.41) is 0. The van der Waals surface area contributed by atoms with Gasteiger partial charge in [-0.3, -0.25) is 14.4 Å². The average Bonchev–Trinajstić information content (AvgIpc) is 3.21. The van der Waals surface area contributed by atoms with Crippen molar-refractivity contribution in [2.24, 2.45) is 58.2 Å². The third-order valence-electron chi connectivity index (χ3n) is 12.1. The number of fused-ring (bicyclic) bond motifs is 5. The highest BCUT2D eigenvalue weighted by atomic mass is 16.5. The van der Waals surface area contributed by atoms with Crippen LogP contribution in [0.3, 0.4) is 0 Å². The average molecular weight is 517 g/mol. The Hall–Kier alpha value is -1.39. The van der Waals surface area contributed by atoms with Crippen molar-refractivity contribution in [2.75, 3.05) is 7.11 Å². The largest absolute Gasteiger partial charge is 0.469 e. The molecule has 4 rings (SSSR count). The summed E-state index contributed by atoms with van der Waals surface area (Å²) in [5.74, 6) is 3.08. The summed E-state index contributed by atoms with van der Waals surface area (Å²) in [5.41, 5.74) is 0.408. The van der Waals surface area contributed by atoms with Gasteiger partial charge in [0.15, 0.2) is 0 Å². The molecule has 4 saturated carbocycles. The summed E-state index contributed by atoms with van der Waals surface area (Å²) in [6.45, 7) is 13.1. The van der Waals surface area contributed by atoms with Gasteiger partial charge in [0.05, 0.1) is 13.0 Å². The second-order valence-corrected chi connectivity index (χ2v) is 13.8. The Morgan fingerprint density at radius 3 is 2.30 bits per heavy atom. The number of methoxy groups -OCH3 is 1. The van der Waals surface area contributed by atoms with E-state index < -0.39 is 0 Å². The third-order valence-corrected chi connectivity index (χ3v) is 12.1. The monoisotopic (exact) mass is 516 g/mol. The van der Waals surface area contributed by atoms with E-state index in [-0.39, 0.29) is 46.6 Å². The fourth-order valence-electron chi connectivity index (χ4n) is 10.2. The summed E-state index contributed by atoms with van der Waals surface area (Å²) in [7, 11) is 1.47. The van der Waals surface area contributed by atoms with Gasteiger partial charge >= 0.3 is 11.9 Å². The molecule has 0 aromatic heterocycles. The van der Waals surface area contributed by atoms with Crippen LogP contribution in [0.5, 0.6) is 0 Å². The van der Waals surface area contributed by atoms with Crippen LogP contribution in [0.15, 0.2) is 0 Å². The molecule has 0 aromatic carbocycles. The first kappa shape index (κ1) is 28.6. The Morgan fingerprint density at radius 1 is 0.973 bits per heavy atom. The molecule has 4 aliphatic rings. The molecule has 11 atom stereocenters. The van der Waals surface area contributed by atoms with Gasteiger partial charge < -0.3 is 9.47 Å². The van der Waals surface area contributed by atoms with Crippen molar-refractivity contribution in [3.63, 3.8) is 0 Å². The number of esters is 2. The molecule has 0 saturated heterocycles. The van der Waals surface area contributed by atoms with Crippen molar-refractivity contribution in [2.45, 2.75) is 118 Å². The Bertz CT molecular complexity index is 867. The smallest absolute Gasteiger partial charge is 0.308 e. The topological polar surface area (TPSA) is 69.7 Å². The van der Waals surface area contributed by atoms with Crippen molar-refractivity contribution in [1.29, 1.82) is 0 Å². The summed E-state index contributed by atoms with van der Waals surface area (Å²) in [4.78, 5) is 37.8. The van der Waals surface area contributed by atoms with Crippen molar-refractivity contribution < 1.29 is 23.9 Å². The molecule has 4 aliphatic carbocycles. The first-order valence-electron chi connectivity index (χ1n) is 15.3. The molecule has 210 valence electrons. The number of ketones is 1. The highest BCUT2D eigenvalue weighted by Gasteiger charge is 2.65. The van der Waals surface area contributed by atoms with Crippen LogP contribution in [0.25, 0.3) is 0 Å². The summed E-state index contributed by atoms with van der Waals surface area (Å²) >= 11 is 0. The van der Waals surface area contributed by atoms with Crippen LogP contribution in [0.4, 0.5) is 0 Å². The number of carbonyl (C=O) groups excluding carboxylic acids is 3. The lowest BCUT2D eigenvalue weighted by molar-refractivity contribution is -0.178. The van der Waals surface area contributed by atoms with E-state index in [1.807, 2.05) is 6.92 Å². The standard InChI is InChI=1S/C32H52O5/c1-8-23-27-18-22(37-21(4)33)14-16-32(27,6)26-15-17-31(5)24(12-13-25(31)28(26)29(23)34)19(2)10-9-11-20(3)30(35)36-7/h19-20,22-28H,8-18H2,1-7H3/t19-,20?,22-,23-,24-,25+,26+,27+,28+,31-,32-/m1/s1. The van der Waals surface area contributed by atoms with Crippen molar-refractivity contribution in [3.8, 4) is 0 Å². The Morgan fingerprint density at radius 2 is 1.65 bits per heavy atom. The molecule has 0 spiro atoms. The van der Waals surface area contributed by atoms with Gasteiger partial charge in [0.2, 0.25) is 0 Å². The van der Waals surface area contributed by atoms with E-state index in [1.54, 1.807) is 0 Å². The van der Waals surface area contributed by atoms with Crippen LogP contribution in [0, 0.1) is 58.2 Å². The molecule has 0 aromatic rings. The molecule has 37 heavy (non-hydrogen) atoms. The van der Waals surface area contributed by atoms with Crippen molar-refractivity contribution >= 4 is 17.7 Å². The van der Waals surface area contributed by atoms with E-state index in [1.165, 1.54) is 33.3 Å². The van der Waals surface area contributed by atoms with Gasteiger partial charge in [-0.2, -0.15) is 0 Å². The molecule has 5 nitrogen and oxygen atoms in total. The number of Topliss-reactive ketones (excluding diaryl/α,β-unsaturated/α-hetero) is 1. The molecule has 0 bridgehead atoms. The van der Waals surface area contributed by atoms with Gasteiger partial charge in [-0.1, -0.05) is 47.5 Å². The fraction of sp³-hybridized carbons (Fsp3) is 0.906. The molecule has 0 N–H and O–H groups in total. The predicted molar refractivity (Wildman–Crippen MR) is 145 cm³/mol. The lowest BCUT2D eigenvalue weighted by Crippen LogP contribution is -2.60. The molecule has 0 amide bonds. The van der Waals surface area contributed by atoms with Gasteiger partial charge in [-0.05, 0) is 98.2 Å². The van der Waals surface area contributed by atoms with Crippen LogP contribution in [-0.4, -0.2) is 30.9 Å². The van der Waals surface area contributed by atoms with Gasteiger partial charge in [0.1, 0.15) is 11.9 Å². The number of rotatable bonds is 8. The van der Waals surface area contributed by atoms with Crippen molar-refractivity contribution in [3.05, 3.63) is 0 Å². The highest BCUT2D eigenvalue weighted by molar-refractivity contribution is 5.86. The molecule has 4 fully saturated rings. The molecule has 0 radical (unpaired) electrons. The minimum absolute atomic E-state index is 0.0264. The molecular formula is C32H52O5. The van der Waals surface area contributed by atoms with Gasteiger partial charge in [0.25, 0.3) is 0 Å². The van der Waals surface area contributed by atoms with Crippen LogP contribution in [0.1, 0.15) is 112 Å². The molecule has 5 heteroatoms. The maximum Gasteiger partial charge on any atom is 0.308 e. The summed E-state index contributed by atoms with van der Waals surface area (Å²) in [6.07, 6.45) is 11.6. The number of carbonyl (C=O) groups is 3. The Balaban J connectivity index is 1.49. The second kappa shape index (κ2) is 11.0. The normalized spacial score (nSPS) is 42.7. The van der Waals surface area contributed by atoms with E-state index in [4.69, 9.17) is 9.47 Å². The van der Waals surface area contributed by atoms with Crippen LogP contribution in [-0.2, 0) is 23.9 Å². The zero-order valence-corrected chi connectivity index (χ0v) is 24.5. The van der Waals surface area contributed by atoms with E-state index in [0.717, 1.165) is 51.4 Å². The molecule has 1 unspecified atom stereocenters. The number of hydrogen-bond donors (Lipinski definition) is 0. The third kappa shape index (κ3) is 5.02. The second-order valence-electron chi connectivity index (χ2n) is 13.8. The summed E-state index contributed by atoms with van der Waals surface area (Å²) < 4.78 is 10.6. The summed E-state index contributed by atoms with van der Waals surface area (Å²) in [6, 6.07) is 0. The molecule has 0 aliphatic heterocycles. The van der Waals surface area contributed by atoms with Gasteiger partial charge in [-0.15, -0.1) is 0 Å². The highest BCUT2D eigenvalue weighted by Crippen LogP contribution is 2.68. The minimum Gasteiger partial charge on any atom is -0.469 e. The SMILES string of the molecule is CC[C@H]1C(=O)[C@@H]2[C@H](CC[C@]3(C)[C@@H]([C@H](C)CCCC(C)C(=O)OC)CC[C@@H]23)[C@@]2(C)CC[C@@H](OC(C)=O)C[C@@H]12. The van der Waals surface area contributed by atoms with Gasteiger partial charge in [0, 0.05) is 18.8 Å². The number of ether oxygens (including phenoxy) is 2. The zero-order valence-electron chi connectivity index (χ0n) is 24.5. The van der Waals surface area contributed by atoms with E-state index in [0.29, 0.717) is 35.4 Å². The van der Waals surface area contributed by atoms with Crippen molar-refractivity contribution in [1.82, 2.24) is 0 Å². The predicted octanol–water partition coefficient (Wildman–Crippen LogP) is 7.01. The first-order valence-corrected chi connectivity index (χ1v) is 15.3. The molecular weight excluding hydrogens is 464 g/mol. The lowest BCUT2D eigenvalue weighted by Gasteiger charge is -2.62. The maximum absolute atomic E-state index is 14.3. The van der Waals surface area contributed by atoms with Crippen LogP contribution in [0.2, 0.25) is 0 Å². The first-order chi connectivity index (χ1) is 17.5. The van der Waals surface area contributed by atoms with Crippen LogP contribution >= 0.6 is 0 Å². The minimum atomic E-state index is -0.194. The quantitative estimate of drug-likeness (QED) is 0.325. The Labute approximate surface area is 225 Å². The van der Waals surface area contributed by atoms with Gasteiger partial charge in [-0.25, -0.2) is 0 Å². The van der Waals surface area contributed by atoms with E-state index in [2.05, 4.69) is 27.7 Å².